The molecule has 2 amide bonds. The van der Waals surface area contributed by atoms with E-state index in [0.29, 0.717) is 11.6 Å². The molecular weight excluding hydrogens is 270 g/mol. The number of aromatic nitrogens is 1. The van der Waals surface area contributed by atoms with E-state index in [1.807, 2.05) is 31.2 Å². The molecule has 0 aliphatic carbocycles. The monoisotopic (exact) mass is 287 g/mol. The zero-order valence-corrected chi connectivity index (χ0v) is 12.0. The first-order chi connectivity index (χ1) is 10.0. The molecule has 110 valence electrons. The zero-order valence-electron chi connectivity index (χ0n) is 12.0. The van der Waals surface area contributed by atoms with Crippen LogP contribution in [0.1, 0.15) is 16.9 Å². The van der Waals surface area contributed by atoms with E-state index in [1.54, 1.807) is 13.0 Å². The van der Waals surface area contributed by atoms with Crippen molar-refractivity contribution in [1.82, 2.24) is 10.5 Å². The van der Waals surface area contributed by atoms with Crippen molar-refractivity contribution in [2.75, 3.05) is 11.9 Å². The molecule has 0 saturated carbocycles. The van der Waals surface area contributed by atoms with Crippen LogP contribution < -0.4 is 10.6 Å². The van der Waals surface area contributed by atoms with Gasteiger partial charge in [-0.2, -0.15) is 0 Å². The van der Waals surface area contributed by atoms with Gasteiger partial charge in [0.25, 0.3) is 0 Å². The van der Waals surface area contributed by atoms with Crippen molar-refractivity contribution < 1.29 is 14.1 Å². The van der Waals surface area contributed by atoms with Crippen LogP contribution in [-0.4, -0.2) is 23.5 Å². The second kappa shape index (κ2) is 6.69. The van der Waals surface area contributed by atoms with Crippen LogP contribution in [0.2, 0.25) is 0 Å². The normalized spacial score (nSPS) is 10.2. The van der Waals surface area contributed by atoms with Gasteiger partial charge in [0, 0.05) is 6.07 Å². The van der Waals surface area contributed by atoms with Gasteiger partial charge in [0.05, 0.1) is 13.0 Å². The molecule has 0 atom stereocenters. The van der Waals surface area contributed by atoms with Crippen LogP contribution in [0.25, 0.3) is 0 Å². The maximum absolute atomic E-state index is 11.8. The summed E-state index contributed by atoms with van der Waals surface area (Å²) in [4.78, 5) is 23.4. The van der Waals surface area contributed by atoms with Gasteiger partial charge in [-0.25, -0.2) is 0 Å². The Morgan fingerprint density at radius 2 is 2.00 bits per heavy atom. The second-order valence-electron chi connectivity index (χ2n) is 4.81. The van der Waals surface area contributed by atoms with Gasteiger partial charge < -0.3 is 15.2 Å². The Labute approximate surface area is 122 Å². The minimum absolute atomic E-state index is 0.101. The molecule has 0 aliphatic heterocycles. The van der Waals surface area contributed by atoms with Gasteiger partial charge in [-0.1, -0.05) is 35.0 Å². The number of benzene rings is 1. The number of hydrogen-bond donors (Lipinski definition) is 2. The molecule has 0 fully saturated rings. The maximum atomic E-state index is 11.8. The van der Waals surface area contributed by atoms with Crippen LogP contribution in [-0.2, 0) is 16.0 Å². The molecule has 0 bridgehead atoms. The molecule has 6 nitrogen and oxygen atoms in total. The average Bonchev–Trinajstić information content (AvgIpc) is 2.82. The number of amides is 2. The van der Waals surface area contributed by atoms with Gasteiger partial charge in [0.1, 0.15) is 5.76 Å². The van der Waals surface area contributed by atoms with E-state index in [-0.39, 0.29) is 24.8 Å². The van der Waals surface area contributed by atoms with Crippen molar-refractivity contribution in [1.29, 1.82) is 0 Å². The SMILES string of the molecule is Cc1cccc(CC(=O)NCC(=O)Nc2cc(C)on2)c1. The molecule has 2 aromatic rings. The summed E-state index contributed by atoms with van der Waals surface area (Å²) in [5.74, 6) is 0.396. The molecule has 1 heterocycles. The van der Waals surface area contributed by atoms with Crippen LogP contribution in [0.4, 0.5) is 5.82 Å². The molecule has 0 unspecified atom stereocenters. The summed E-state index contributed by atoms with van der Waals surface area (Å²) in [5, 5.41) is 8.74. The molecule has 0 aliphatic rings. The summed E-state index contributed by atoms with van der Waals surface area (Å²) in [5.41, 5.74) is 2.01. The van der Waals surface area contributed by atoms with E-state index in [2.05, 4.69) is 15.8 Å². The molecule has 0 saturated heterocycles. The first-order valence-corrected chi connectivity index (χ1v) is 6.58. The van der Waals surface area contributed by atoms with Crippen LogP contribution in [0, 0.1) is 13.8 Å². The van der Waals surface area contributed by atoms with Gasteiger partial charge in [0.2, 0.25) is 11.8 Å². The standard InChI is InChI=1S/C15H17N3O3/c1-10-4-3-5-12(6-10)8-14(19)16-9-15(20)17-13-7-11(2)21-18-13/h3-7H,8-9H2,1-2H3,(H,16,19)(H,17,18,20). The minimum Gasteiger partial charge on any atom is -0.360 e. The zero-order chi connectivity index (χ0) is 15.2. The fraction of sp³-hybridized carbons (Fsp3) is 0.267. The molecular formula is C15H17N3O3. The Balaban J connectivity index is 1.77. The highest BCUT2D eigenvalue weighted by Gasteiger charge is 2.09. The van der Waals surface area contributed by atoms with Crippen LogP contribution in [0.3, 0.4) is 0 Å². The Bertz CT molecular complexity index is 649. The molecule has 1 aromatic heterocycles. The number of hydrogen-bond acceptors (Lipinski definition) is 4. The van der Waals surface area contributed by atoms with Crippen molar-refractivity contribution in [3.8, 4) is 0 Å². The highest BCUT2D eigenvalue weighted by molar-refractivity contribution is 5.94. The lowest BCUT2D eigenvalue weighted by atomic mass is 10.1. The van der Waals surface area contributed by atoms with Gasteiger partial charge in [-0.05, 0) is 19.4 Å². The summed E-state index contributed by atoms with van der Waals surface area (Å²) < 4.78 is 4.83. The van der Waals surface area contributed by atoms with Crippen LogP contribution in [0.5, 0.6) is 0 Å². The van der Waals surface area contributed by atoms with Crippen molar-refractivity contribution >= 4 is 17.6 Å². The fourth-order valence-electron chi connectivity index (χ4n) is 1.86. The second-order valence-corrected chi connectivity index (χ2v) is 4.81. The lowest BCUT2D eigenvalue weighted by molar-refractivity contribution is -0.123. The van der Waals surface area contributed by atoms with E-state index < -0.39 is 0 Å². The third kappa shape index (κ3) is 4.76. The van der Waals surface area contributed by atoms with Crippen molar-refractivity contribution in [3.05, 3.63) is 47.2 Å². The highest BCUT2D eigenvalue weighted by atomic mass is 16.5. The smallest absolute Gasteiger partial charge is 0.245 e. The number of nitrogens with zero attached hydrogens (tertiary/aromatic N) is 1. The predicted octanol–water partition coefficient (Wildman–Crippen LogP) is 1.59. The number of anilines is 1. The summed E-state index contributed by atoms with van der Waals surface area (Å²) in [6, 6.07) is 9.29. The van der Waals surface area contributed by atoms with E-state index >= 15 is 0 Å². The number of rotatable bonds is 5. The number of carbonyl (C=O) groups excluding carboxylic acids is 2. The average molecular weight is 287 g/mol. The third-order valence-electron chi connectivity index (χ3n) is 2.79. The molecule has 0 spiro atoms. The lowest BCUT2D eigenvalue weighted by Gasteiger charge is -2.05. The van der Waals surface area contributed by atoms with Gasteiger partial charge in [-0.15, -0.1) is 0 Å². The topological polar surface area (TPSA) is 84.2 Å². The maximum Gasteiger partial charge on any atom is 0.245 e. The molecule has 6 heteroatoms. The lowest BCUT2D eigenvalue weighted by Crippen LogP contribution is -2.33. The molecule has 1 aromatic carbocycles. The van der Waals surface area contributed by atoms with Crippen LogP contribution >= 0.6 is 0 Å². The predicted molar refractivity (Wildman–Crippen MR) is 77.8 cm³/mol. The van der Waals surface area contributed by atoms with Gasteiger partial charge in [-0.3, -0.25) is 9.59 Å². The highest BCUT2D eigenvalue weighted by Crippen LogP contribution is 2.06. The third-order valence-corrected chi connectivity index (χ3v) is 2.79. The van der Waals surface area contributed by atoms with Gasteiger partial charge in [0.15, 0.2) is 5.82 Å². The number of carbonyl (C=O) groups is 2. The molecule has 2 rings (SSSR count). The van der Waals surface area contributed by atoms with Crippen LogP contribution in [0.15, 0.2) is 34.9 Å². The summed E-state index contributed by atoms with van der Waals surface area (Å²) >= 11 is 0. The number of aryl methyl sites for hydroxylation is 2. The van der Waals surface area contributed by atoms with Crippen molar-refractivity contribution in [2.45, 2.75) is 20.3 Å². The van der Waals surface area contributed by atoms with E-state index in [9.17, 15) is 9.59 Å². The van der Waals surface area contributed by atoms with Crippen molar-refractivity contribution in [3.63, 3.8) is 0 Å². The molecule has 2 N–H and O–H groups in total. The minimum atomic E-state index is -0.346. The number of nitrogens with one attached hydrogen (secondary N) is 2. The summed E-state index contributed by atoms with van der Waals surface area (Å²) in [7, 11) is 0. The molecule has 0 radical (unpaired) electrons. The first kappa shape index (κ1) is 14.8. The summed E-state index contributed by atoms with van der Waals surface area (Å²) in [6.45, 7) is 3.59. The van der Waals surface area contributed by atoms with Crippen molar-refractivity contribution in [2.24, 2.45) is 0 Å². The Morgan fingerprint density at radius 1 is 1.19 bits per heavy atom. The van der Waals surface area contributed by atoms with E-state index in [4.69, 9.17) is 4.52 Å². The Hall–Kier alpha value is -2.63. The van der Waals surface area contributed by atoms with Gasteiger partial charge >= 0.3 is 0 Å². The quantitative estimate of drug-likeness (QED) is 0.874. The Kier molecular flexibility index (Phi) is 4.71. The molecule has 21 heavy (non-hydrogen) atoms. The first-order valence-electron chi connectivity index (χ1n) is 6.58. The van der Waals surface area contributed by atoms with E-state index in [1.165, 1.54) is 0 Å². The summed E-state index contributed by atoms with van der Waals surface area (Å²) in [6.07, 6.45) is 0.248. The van der Waals surface area contributed by atoms with E-state index in [0.717, 1.165) is 11.1 Å². The Morgan fingerprint density at radius 3 is 2.67 bits per heavy atom. The fourth-order valence-corrected chi connectivity index (χ4v) is 1.86. The largest absolute Gasteiger partial charge is 0.360 e.